The smallest absolute Gasteiger partial charge is 0.276 e. The second-order valence-corrected chi connectivity index (χ2v) is 4.33. The van der Waals surface area contributed by atoms with Gasteiger partial charge in [0.05, 0.1) is 23.4 Å². The standard InChI is InChI=1S/C12H16N6O2/c13-11-7-10(18(19)20)8-12(16-11)15-3-1-2-5-17-6-4-14-9-17/h4,6-9H,1-3,5H2,(H3,13,15,16). The Morgan fingerprint density at radius 3 is 2.95 bits per heavy atom. The third-order valence-corrected chi connectivity index (χ3v) is 2.75. The molecule has 0 aliphatic heterocycles. The van der Waals surface area contributed by atoms with E-state index in [-0.39, 0.29) is 11.5 Å². The fraction of sp³-hybridized carbons (Fsp3) is 0.333. The van der Waals surface area contributed by atoms with Gasteiger partial charge in [0, 0.05) is 25.5 Å². The maximum atomic E-state index is 10.7. The molecular formula is C12H16N6O2. The minimum Gasteiger partial charge on any atom is -0.383 e. The molecule has 2 heterocycles. The number of rotatable bonds is 7. The molecule has 0 aromatic carbocycles. The molecule has 0 bridgehead atoms. The molecule has 0 amide bonds. The molecule has 2 aromatic rings. The number of pyridine rings is 1. The van der Waals surface area contributed by atoms with Gasteiger partial charge in [-0.05, 0) is 12.8 Å². The number of aromatic nitrogens is 3. The van der Waals surface area contributed by atoms with Crippen LogP contribution in [0.4, 0.5) is 17.3 Å². The van der Waals surface area contributed by atoms with Crippen LogP contribution in [0, 0.1) is 10.1 Å². The van der Waals surface area contributed by atoms with E-state index < -0.39 is 4.92 Å². The predicted octanol–water partition coefficient (Wildman–Crippen LogP) is 1.66. The first-order chi connectivity index (χ1) is 9.65. The minimum atomic E-state index is -0.484. The highest BCUT2D eigenvalue weighted by Crippen LogP contribution is 2.18. The third kappa shape index (κ3) is 3.94. The van der Waals surface area contributed by atoms with Crippen molar-refractivity contribution in [1.29, 1.82) is 0 Å². The van der Waals surface area contributed by atoms with Crippen molar-refractivity contribution in [1.82, 2.24) is 14.5 Å². The lowest BCUT2D eigenvalue weighted by molar-refractivity contribution is -0.384. The van der Waals surface area contributed by atoms with E-state index >= 15 is 0 Å². The van der Waals surface area contributed by atoms with Gasteiger partial charge >= 0.3 is 0 Å². The number of unbranched alkanes of at least 4 members (excludes halogenated alkanes) is 1. The van der Waals surface area contributed by atoms with E-state index in [9.17, 15) is 10.1 Å². The van der Waals surface area contributed by atoms with Gasteiger partial charge in [-0.15, -0.1) is 0 Å². The third-order valence-electron chi connectivity index (χ3n) is 2.75. The maximum Gasteiger partial charge on any atom is 0.276 e. The molecule has 0 unspecified atom stereocenters. The first kappa shape index (κ1) is 13.8. The summed E-state index contributed by atoms with van der Waals surface area (Å²) in [7, 11) is 0. The molecule has 3 N–H and O–H groups in total. The summed E-state index contributed by atoms with van der Waals surface area (Å²) in [6.07, 6.45) is 7.33. The number of nitrogen functional groups attached to an aromatic ring is 1. The molecule has 8 nitrogen and oxygen atoms in total. The molecule has 0 atom stereocenters. The van der Waals surface area contributed by atoms with E-state index in [2.05, 4.69) is 15.3 Å². The molecule has 0 saturated carbocycles. The van der Waals surface area contributed by atoms with E-state index in [1.54, 1.807) is 12.5 Å². The number of nitrogens with zero attached hydrogens (tertiary/aromatic N) is 4. The number of nitro groups is 1. The molecule has 106 valence electrons. The summed E-state index contributed by atoms with van der Waals surface area (Å²) >= 11 is 0. The first-order valence-electron chi connectivity index (χ1n) is 6.27. The average molecular weight is 276 g/mol. The monoisotopic (exact) mass is 276 g/mol. The Kier molecular flexibility index (Phi) is 4.48. The Hall–Kier alpha value is -2.64. The molecule has 8 heteroatoms. The van der Waals surface area contributed by atoms with Gasteiger partial charge in [-0.1, -0.05) is 0 Å². The van der Waals surface area contributed by atoms with Crippen LogP contribution in [0.5, 0.6) is 0 Å². The summed E-state index contributed by atoms with van der Waals surface area (Å²) in [6, 6.07) is 2.62. The topological polar surface area (TPSA) is 112 Å². The molecule has 0 radical (unpaired) electrons. The van der Waals surface area contributed by atoms with Gasteiger partial charge in [0.1, 0.15) is 11.6 Å². The van der Waals surface area contributed by atoms with Crippen LogP contribution in [0.25, 0.3) is 0 Å². The number of imidazole rings is 1. The first-order valence-corrected chi connectivity index (χ1v) is 6.27. The zero-order chi connectivity index (χ0) is 14.4. The lowest BCUT2D eigenvalue weighted by atomic mass is 10.3. The fourth-order valence-electron chi connectivity index (χ4n) is 1.79. The summed E-state index contributed by atoms with van der Waals surface area (Å²) in [5.41, 5.74) is 5.47. The zero-order valence-corrected chi connectivity index (χ0v) is 10.9. The molecular weight excluding hydrogens is 260 g/mol. The molecule has 0 aliphatic rings. The normalized spacial score (nSPS) is 10.4. The highest BCUT2D eigenvalue weighted by atomic mass is 16.6. The molecule has 20 heavy (non-hydrogen) atoms. The van der Waals surface area contributed by atoms with Crippen molar-refractivity contribution in [2.45, 2.75) is 19.4 Å². The zero-order valence-electron chi connectivity index (χ0n) is 10.9. The Morgan fingerprint density at radius 1 is 1.40 bits per heavy atom. The second-order valence-electron chi connectivity index (χ2n) is 4.33. The summed E-state index contributed by atoms with van der Waals surface area (Å²) in [5.74, 6) is 0.569. The van der Waals surface area contributed by atoms with E-state index in [0.29, 0.717) is 12.4 Å². The second kappa shape index (κ2) is 6.50. The molecule has 0 saturated heterocycles. The number of anilines is 2. The Morgan fingerprint density at radius 2 is 2.25 bits per heavy atom. The largest absolute Gasteiger partial charge is 0.383 e. The van der Waals surface area contributed by atoms with Crippen molar-refractivity contribution >= 4 is 17.3 Å². The van der Waals surface area contributed by atoms with Crippen molar-refractivity contribution in [3.8, 4) is 0 Å². The van der Waals surface area contributed by atoms with E-state index in [4.69, 9.17) is 5.73 Å². The van der Waals surface area contributed by atoms with Crippen LogP contribution in [-0.2, 0) is 6.54 Å². The van der Waals surface area contributed by atoms with Gasteiger partial charge in [-0.2, -0.15) is 0 Å². The Labute approximate surface area is 115 Å². The lowest BCUT2D eigenvalue weighted by Gasteiger charge is -2.06. The van der Waals surface area contributed by atoms with Gasteiger partial charge in [0.2, 0.25) is 0 Å². The summed E-state index contributed by atoms with van der Waals surface area (Å²) in [6.45, 7) is 1.58. The number of nitrogens with one attached hydrogen (secondary N) is 1. The minimum absolute atomic E-state index is 0.0570. The van der Waals surface area contributed by atoms with Crippen LogP contribution in [0.2, 0.25) is 0 Å². The van der Waals surface area contributed by atoms with E-state index in [0.717, 1.165) is 19.4 Å². The predicted molar refractivity (Wildman–Crippen MR) is 75.3 cm³/mol. The molecule has 0 fully saturated rings. The van der Waals surface area contributed by atoms with Gasteiger partial charge in [0.25, 0.3) is 5.69 Å². The van der Waals surface area contributed by atoms with Crippen LogP contribution in [0.3, 0.4) is 0 Å². The van der Waals surface area contributed by atoms with Crippen molar-refractivity contribution in [3.63, 3.8) is 0 Å². The summed E-state index contributed by atoms with van der Waals surface area (Å²) in [5, 5.41) is 13.7. The molecule has 2 rings (SSSR count). The molecule has 0 aliphatic carbocycles. The molecule has 2 aromatic heterocycles. The highest BCUT2D eigenvalue weighted by molar-refractivity contribution is 5.52. The highest BCUT2D eigenvalue weighted by Gasteiger charge is 2.09. The Balaban J connectivity index is 1.77. The van der Waals surface area contributed by atoms with E-state index in [1.165, 1.54) is 12.1 Å². The Bertz CT molecular complexity index is 569. The van der Waals surface area contributed by atoms with Crippen LogP contribution in [0.15, 0.2) is 30.9 Å². The number of aryl methyl sites for hydroxylation is 1. The maximum absolute atomic E-state index is 10.7. The van der Waals surface area contributed by atoms with Crippen molar-refractivity contribution in [3.05, 3.63) is 41.0 Å². The van der Waals surface area contributed by atoms with Crippen LogP contribution in [0.1, 0.15) is 12.8 Å². The SMILES string of the molecule is Nc1cc([N+](=O)[O-])cc(NCCCCn2ccnc2)n1. The number of hydrogen-bond donors (Lipinski definition) is 2. The molecule has 0 spiro atoms. The van der Waals surface area contributed by atoms with Gasteiger partial charge in [-0.25, -0.2) is 9.97 Å². The fourth-order valence-corrected chi connectivity index (χ4v) is 1.79. The summed E-state index contributed by atoms with van der Waals surface area (Å²) in [4.78, 5) is 18.2. The van der Waals surface area contributed by atoms with Crippen LogP contribution in [-0.4, -0.2) is 26.0 Å². The van der Waals surface area contributed by atoms with Gasteiger partial charge in [0.15, 0.2) is 0 Å². The lowest BCUT2D eigenvalue weighted by Crippen LogP contribution is -2.06. The number of hydrogen-bond acceptors (Lipinski definition) is 6. The van der Waals surface area contributed by atoms with E-state index in [1.807, 2.05) is 10.8 Å². The van der Waals surface area contributed by atoms with Crippen molar-refractivity contribution < 1.29 is 4.92 Å². The van der Waals surface area contributed by atoms with Gasteiger partial charge < -0.3 is 15.6 Å². The number of nitrogens with two attached hydrogens (primary N) is 1. The average Bonchev–Trinajstić information content (AvgIpc) is 2.91. The summed E-state index contributed by atoms with van der Waals surface area (Å²) < 4.78 is 2.00. The van der Waals surface area contributed by atoms with Gasteiger partial charge in [-0.3, -0.25) is 10.1 Å². The quantitative estimate of drug-likeness (QED) is 0.452. The van der Waals surface area contributed by atoms with Crippen molar-refractivity contribution in [2.75, 3.05) is 17.6 Å². The van der Waals surface area contributed by atoms with Crippen molar-refractivity contribution in [2.24, 2.45) is 0 Å². The van der Waals surface area contributed by atoms with Crippen LogP contribution >= 0.6 is 0 Å². The van der Waals surface area contributed by atoms with Crippen LogP contribution < -0.4 is 11.1 Å².